The number of hydrogen-bond donors (Lipinski definition) is 1. The molecule has 2 N–H and O–H groups in total. The third kappa shape index (κ3) is 2.50. The fourth-order valence-corrected chi connectivity index (χ4v) is 3.32. The molecule has 1 aliphatic rings. The number of halogens is 1. The highest BCUT2D eigenvalue weighted by molar-refractivity contribution is 9.10. The maximum absolute atomic E-state index is 6.59. The molecule has 1 aliphatic carbocycles. The Hall–Kier alpha value is -0.740. The summed E-state index contributed by atoms with van der Waals surface area (Å²) in [4.78, 5) is 0. The van der Waals surface area contributed by atoms with E-state index < -0.39 is 0 Å². The Labute approximate surface area is 117 Å². The molecule has 0 aromatic heterocycles. The first-order valence-corrected chi connectivity index (χ1v) is 7.11. The average molecular weight is 314 g/mol. The Bertz CT molecular complexity index is 428. The summed E-state index contributed by atoms with van der Waals surface area (Å²) in [5.74, 6) is 1.65. The molecule has 1 saturated carbocycles. The molecule has 18 heavy (non-hydrogen) atoms. The second-order valence-electron chi connectivity index (χ2n) is 4.91. The number of methoxy groups -OCH3 is 2. The van der Waals surface area contributed by atoms with Crippen molar-refractivity contribution in [1.29, 1.82) is 0 Å². The maximum Gasteiger partial charge on any atom is 0.138 e. The standard InChI is InChI=1S/C14H20BrNO2/c1-17-10-8-11(13(18-2)12(15)9-10)14(16)6-4-3-5-7-14/h8-9H,3-7,16H2,1-2H3. The van der Waals surface area contributed by atoms with E-state index >= 15 is 0 Å². The quantitative estimate of drug-likeness (QED) is 0.927. The average Bonchev–Trinajstić information content (AvgIpc) is 2.38. The highest BCUT2D eigenvalue weighted by Gasteiger charge is 2.33. The molecular weight excluding hydrogens is 294 g/mol. The van der Waals surface area contributed by atoms with E-state index in [1.165, 1.54) is 19.3 Å². The molecule has 0 heterocycles. The van der Waals surface area contributed by atoms with Gasteiger partial charge in [-0.2, -0.15) is 0 Å². The van der Waals surface area contributed by atoms with Crippen LogP contribution in [-0.2, 0) is 5.54 Å². The molecule has 1 fully saturated rings. The van der Waals surface area contributed by atoms with Gasteiger partial charge in [0.15, 0.2) is 0 Å². The van der Waals surface area contributed by atoms with Crippen LogP contribution < -0.4 is 15.2 Å². The first-order chi connectivity index (χ1) is 8.60. The van der Waals surface area contributed by atoms with Crippen LogP contribution in [0.4, 0.5) is 0 Å². The molecule has 4 heteroatoms. The van der Waals surface area contributed by atoms with E-state index in [0.29, 0.717) is 0 Å². The lowest BCUT2D eigenvalue weighted by molar-refractivity contribution is 0.286. The van der Waals surface area contributed by atoms with Gasteiger partial charge in [0, 0.05) is 11.1 Å². The van der Waals surface area contributed by atoms with E-state index in [1.807, 2.05) is 12.1 Å². The van der Waals surface area contributed by atoms with Crippen LogP contribution in [0.3, 0.4) is 0 Å². The molecule has 0 radical (unpaired) electrons. The minimum absolute atomic E-state index is 0.291. The van der Waals surface area contributed by atoms with Crippen molar-refractivity contribution in [3.05, 3.63) is 22.2 Å². The number of hydrogen-bond acceptors (Lipinski definition) is 3. The summed E-state index contributed by atoms with van der Waals surface area (Å²) in [5, 5.41) is 0. The van der Waals surface area contributed by atoms with Crippen molar-refractivity contribution < 1.29 is 9.47 Å². The summed E-state index contributed by atoms with van der Waals surface area (Å²) in [6, 6.07) is 3.92. The zero-order valence-corrected chi connectivity index (χ0v) is 12.5. The minimum atomic E-state index is -0.291. The van der Waals surface area contributed by atoms with Gasteiger partial charge in [-0.25, -0.2) is 0 Å². The highest BCUT2D eigenvalue weighted by Crippen LogP contribution is 2.44. The number of benzene rings is 1. The predicted molar refractivity (Wildman–Crippen MR) is 76.2 cm³/mol. The van der Waals surface area contributed by atoms with Gasteiger partial charge in [0.1, 0.15) is 11.5 Å². The number of rotatable bonds is 3. The van der Waals surface area contributed by atoms with Crippen LogP contribution >= 0.6 is 15.9 Å². The molecule has 2 rings (SSSR count). The van der Waals surface area contributed by atoms with Crippen molar-refractivity contribution in [1.82, 2.24) is 0 Å². The molecule has 0 atom stereocenters. The topological polar surface area (TPSA) is 44.5 Å². The summed E-state index contributed by atoms with van der Waals surface area (Å²) in [6.07, 6.45) is 5.63. The Balaban J connectivity index is 2.49. The van der Waals surface area contributed by atoms with Gasteiger partial charge in [-0.3, -0.25) is 0 Å². The number of nitrogens with two attached hydrogens (primary N) is 1. The largest absolute Gasteiger partial charge is 0.497 e. The van der Waals surface area contributed by atoms with Gasteiger partial charge in [0.05, 0.1) is 18.7 Å². The Morgan fingerprint density at radius 2 is 1.78 bits per heavy atom. The molecule has 1 aromatic rings. The second kappa shape index (κ2) is 5.49. The zero-order chi connectivity index (χ0) is 13.2. The minimum Gasteiger partial charge on any atom is -0.497 e. The van der Waals surface area contributed by atoms with E-state index in [-0.39, 0.29) is 5.54 Å². The van der Waals surface area contributed by atoms with Crippen LogP contribution in [0.5, 0.6) is 11.5 Å². The van der Waals surface area contributed by atoms with Crippen molar-refractivity contribution in [3.8, 4) is 11.5 Å². The van der Waals surface area contributed by atoms with E-state index in [9.17, 15) is 0 Å². The lowest BCUT2D eigenvalue weighted by atomic mass is 9.77. The van der Waals surface area contributed by atoms with Crippen molar-refractivity contribution in [3.63, 3.8) is 0 Å². The van der Waals surface area contributed by atoms with E-state index in [1.54, 1.807) is 14.2 Å². The van der Waals surface area contributed by atoms with Crippen LogP contribution in [0.2, 0.25) is 0 Å². The van der Waals surface area contributed by atoms with E-state index in [2.05, 4.69) is 15.9 Å². The van der Waals surface area contributed by atoms with Gasteiger partial charge in [0.25, 0.3) is 0 Å². The van der Waals surface area contributed by atoms with Gasteiger partial charge < -0.3 is 15.2 Å². The SMILES string of the molecule is COc1cc(Br)c(OC)c(C2(N)CCCCC2)c1. The van der Waals surface area contributed by atoms with Crippen LogP contribution in [0.15, 0.2) is 16.6 Å². The molecule has 0 unspecified atom stereocenters. The Kier molecular flexibility index (Phi) is 4.17. The van der Waals surface area contributed by atoms with E-state index in [0.717, 1.165) is 34.4 Å². The predicted octanol–water partition coefficient (Wildman–Crippen LogP) is 3.58. The van der Waals surface area contributed by atoms with Crippen LogP contribution in [-0.4, -0.2) is 14.2 Å². The molecule has 0 aliphatic heterocycles. The number of ether oxygens (including phenoxy) is 2. The fraction of sp³-hybridized carbons (Fsp3) is 0.571. The van der Waals surface area contributed by atoms with E-state index in [4.69, 9.17) is 15.2 Å². The molecule has 0 spiro atoms. The van der Waals surface area contributed by atoms with Crippen molar-refractivity contribution >= 4 is 15.9 Å². The Morgan fingerprint density at radius 3 is 2.33 bits per heavy atom. The third-order valence-electron chi connectivity index (χ3n) is 3.74. The van der Waals surface area contributed by atoms with Crippen molar-refractivity contribution in [2.24, 2.45) is 5.73 Å². The monoisotopic (exact) mass is 313 g/mol. The molecule has 1 aromatic carbocycles. The Morgan fingerprint density at radius 1 is 1.11 bits per heavy atom. The zero-order valence-electron chi connectivity index (χ0n) is 11.0. The van der Waals surface area contributed by atoms with Gasteiger partial charge in [-0.15, -0.1) is 0 Å². The van der Waals surface area contributed by atoms with Crippen LogP contribution in [0.25, 0.3) is 0 Å². The summed E-state index contributed by atoms with van der Waals surface area (Å²) < 4.78 is 11.7. The van der Waals surface area contributed by atoms with Gasteiger partial charge in [-0.05, 0) is 40.9 Å². The normalized spacial score (nSPS) is 18.4. The first-order valence-electron chi connectivity index (χ1n) is 6.31. The molecule has 0 saturated heterocycles. The maximum atomic E-state index is 6.59. The summed E-state index contributed by atoms with van der Waals surface area (Å²) in [6.45, 7) is 0. The van der Waals surface area contributed by atoms with Gasteiger partial charge >= 0.3 is 0 Å². The first kappa shape index (κ1) is 13.7. The van der Waals surface area contributed by atoms with Crippen molar-refractivity contribution in [2.45, 2.75) is 37.6 Å². The molecule has 0 amide bonds. The smallest absolute Gasteiger partial charge is 0.138 e. The summed E-state index contributed by atoms with van der Waals surface area (Å²) in [7, 11) is 3.35. The highest BCUT2D eigenvalue weighted by atomic mass is 79.9. The van der Waals surface area contributed by atoms with Gasteiger partial charge in [0.2, 0.25) is 0 Å². The lowest BCUT2D eigenvalue weighted by Crippen LogP contribution is -2.39. The van der Waals surface area contributed by atoms with Crippen LogP contribution in [0.1, 0.15) is 37.7 Å². The molecular formula is C14H20BrNO2. The molecule has 100 valence electrons. The third-order valence-corrected chi connectivity index (χ3v) is 4.33. The second-order valence-corrected chi connectivity index (χ2v) is 5.76. The molecule has 0 bridgehead atoms. The molecule has 3 nitrogen and oxygen atoms in total. The van der Waals surface area contributed by atoms with Crippen LogP contribution in [0, 0.1) is 0 Å². The van der Waals surface area contributed by atoms with Crippen molar-refractivity contribution in [2.75, 3.05) is 14.2 Å². The fourth-order valence-electron chi connectivity index (χ4n) is 2.72. The summed E-state index contributed by atoms with van der Waals surface area (Å²) in [5.41, 5.74) is 7.35. The summed E-state index contributed by atoms with van der Waals surface area (Å²) >= 11 is 3.53. The lowest BCUT2D eigenvalue weighted by Gasteiger charge is -2.35. The van der Waals surface area contributed by atoms with Gasteiger partial charge in [-0.1, -0.05) is 19.3 Å².